The maximum atomic E-state index is 11.8. The number of hydrogen-bond acceptors (Lipinski definition) is 2. The Morgan fingerprint density at radius 3 is 2.29 bits per heavy atom. The van der Waals surface area contributed by atoms with Crippen molar-refractivity contribution in [2.45, 2.75) is 76.3 Å². The number of piperidine rings is 1. The predicted octanol–water partition coefficient (Wildman–Crippen LogP) is 3.04. The van der Waals surface area contributed by atoms with Gasteiger partial charge >= 0.3 is 5.97 Å². The molecule has 2 fully saturated rings. The van der Waals surface area contributed by atoms with Gasteiger partial charge in [-0.05, 0) is 39.2 Å². The van der Waals surface area contributed by atoms with Crippen molar-refractivity contribution in [2.24, 2.45) is 0 Å². The summed E-state index contributed by atoms with van der Waals surface area (Å²) < 4.78 is 0. The number of carboxylic acids is 1. The number of likely N-dealkylation sites (tertiary alicyclic amines) is 1. The van der Waals surface area contributed by atoms with Gasteiger partial charge in [0, 0.05) is 6.04 Å². The van der Waals surface area contributed by atoms with Gasteiger partial charge in [0.15, 0.2) is 0 Å². The zero-order valence-electron chi connectivity index (χ0n) is 11.0. The Morgan fingerprint density at radius 2 is 1.76 bits per heavy atom. The van der Waals surface area contributed by atoms with Gasteiger partial charge in [0.2, 0.25) is 0 Å². The summed E-state index contributed by atoms with van der Waals surface area (Å²) in [4.78, 5) is 14.1. The molecule has 1 atom stereocenters. The van der Waals surface area contributed by atoms with Crippen LogP contribution in [0.2, 0.25) is 0 Å². The molecule has 3 heteroatoms. The Kier molecular flexibility index (Phi) is 4.08. The van der Waals surface area contributed by atoms with Crippen molar-refractivity contribution in [1.82, 2.24) is 4.90 Å². The third-order valence-electron chi connectivity index (χ3n) is 4.68. The molecule has 3 nitrogen and oxygen atoms in total. The Morgan fingerprint density at radius 1 is 1.12 bits per heavy atom. The van der Waals surface area contributed by atoms with E-state index in [9.17, 15) is 9.90 Å². The van der Waals surface area contributed by atoms with Crippen LogP contribution < -0.4 is 0 Å². The molecule has 1 aliphatic heterocycles. The summed E-state index contributed by atoms with van der Waals surface area (Å²) in [6.07, 6.45) is 9.86. The molecule has 17 heavy (non-hydrogen) atoms. The second kappa shape index (κ2) is 5.38. The molecule has 2 rings (SSSR count). The van der Waals surface area contributed by atoms with Gasteiger partial charge in [-0.2, -0.15) is 0 Å². The summed E-state index contributed by atoms with van der Waals surface area (Å²) in [5.74, 6) is -0.576. The Labute approximate surface area is 104 Å². The first-order chi connectivity index (χ1) is 8.17. The molecule has 1 saturated heterocycles. The molecule has 1 unspecified atom stereocenters. The molecule has 0 bridgehead atoms. The Hall–Kier alpha value is -0.570. The lowest BCUT2D eigenvalue weighted by Gasteiger charge is -2.46. The highest BCUT2D eigenvalue weighted by Crippen LogP contribution is 2.37. The quantitative estimate of drug-likeness (QED) is 0.753. The van der Waals surface area contributed by atoms with Crippen molar-refractivity contribution in [3.8, 4) is 0 Å². The highest BCUT2D eigenvalue weighted by molar-refractivity contribution is 5.79. The first-order valence-corrected chi connectivity index (χ1v) is 7.17. The van der Waals surface area contributed by atoms with Crippen LogP contribution in [0.3, 0.4) is 0 Å². The summed E-state index contributed by atoms with van der Waals surface area (Å²) >= 11 is 0. The van der Waals surface area contributed by atoms with Crippen LogP contribution in [0.4, 0.5) is 0 Å². The Bertz CT molecular complexity index is 269. The second-order valence-electron chi connectivity index (χ2n) is 5.79. The van der Waals surface area contributed by atoms with E-state index in [0.29, 0.717) is 6.04 Å². The fraction of sp³-hybridized carbons (Fsp3) is 0.929. The SMILES string of the molecule is CC1CCCCN1C1(C(=O)O)CCCCCC1. The summed E-state index contributed by atoms with van der Waals surface area (Å²) in [6.45, 7) is 3.18. The number of nitrogens with zero attached hydrogens (tertiary/aromatic N) is 1. The van der Waals surface area contributed by atoms with Gasteiger partial charge in [-0.3, -0.25) is 9.69 Å². The molecule has 0 aromatic rings. The maximum absolute atomic E-state index is 11.8. The molecule has 0 aromatic carbocycles. The lowest BCUT2D eigenvalue weighted by molar-refractivity contribution is -0.156. The lowest BCUT2D eigenvalue weighted by atomic mass is 9.84. The number of carbonyl (C=O) groups is 1. The van der Waals surface area contributed by atoms with E-state index < -0.39 is 11.5 Å². The van der Waals surface area contributed by atoms with Gasteiger partial charge in [0.05, 0.1) is 0 Å². The largest absolute Gasteiger partial charge is 0.480 e. The minimum absolute atomic E-state index is 0.443. The van der Waals surface area contributed by atoms with Crippen LogP contribution in [-0.4, -0.2) is 34.1 Å². The number of hydrogen-bond donors (Lipinski definition) is 1. The molecule has 1 aliphatic carbocycles. The average molecular weight is 239 g/mol. The second-order valence-corrected chi connectivity index (χ2v) is 5.79. The van der Waals surface area contributed by atoms with Crippen LogP contribution in [0, 0.1) is 0 Å². The van der Waals surface area contributed by atoms with E-state index in [1.165, 1.54) is 25.7 Å². The van der Waals surface area contributed by atoms with E-state index in [1.54, 1.807) is 0 Å². The molecular formula is C14H25NO2. The van der Waals surface area contributed by atoms with Crippen molar-refractivity contribution in [3.05, 3.63) is 0 Å². The Balaban J connectivity index is 2.21. The van der Waals surface area contributed by atoms with Crippen LogP contribution in [0.1, 0.15) is 64.7 Å². The first-order valence-electron chi connectivity index (χ1n) is 7.17. The third kappa shape index (κ3) is 2.49. The summed E-state index contributed by atoms with van der Waals surface area (Å²) in [6, 6.07) is 0.443. The zero-order valence-corrected chi connectivity index (χ0v) is 11.0. The molecule has 0 radical (unpaired) electrons. The van der Waals surface area contributed by atoms with Gasteiger partial charge in [-0.15, -0.1) is 0 Å². The monoisotopic (exact) mass is 239 g/mol. The summed E-state index contributed by atoms with van der Waals surface area (Å²) in [7, 11) is 0. The molecule has 1 heterocycles. The van der Waals surface area contributed by atoms with Crippen LogP contribution in [0.25, 0.3) is 0 Å². The van der Waals surface area contributed by atoms with Crippen LogP contribution in [-0.2, 0) is 4.79 Å². The van der Waals surface area contributed by atoms with E-state index in [2.05, 4.69) is 11.8 Å². The molecular weight excluding hydrogens is 214 g/mol. The van der Waals surface area contributed by atoms with E-state index in [-0.39, 0.29) is 0 Å². The van der Waals surface area contributed by atoms with E-state index in [4.69, 9.17) is 0 Å². The fourth-order valence-electron chi connectivity index (χ4n) is 3.67. The van der Waals surface area contributed by atoms with Crippen molar-refractivity contribution in [3.63, 3.8) is 0 Å². The van der Waals surface area contributed by atoms with Gasteiger partial charge in [-0.1, -0.05) is 32.1 Å². The molecule has 0 aromatic heterocycles. The number of aliphatic carboxylic acids is 1. The van der Waals surface area contributed by atoms with Crippen molar-refractivity contribution in [1.29, 1.82) is 0 Å². The topological polar surface area (TPSA) is 40.5 Å². The highest BCUT2D eigenvalue weighted by Gasteiger charge is 2.46. The molecule has 0 amide bonds. The normalized spacial score (nSPS) is 30.8. The predicted molar refractivity (Wildman–Crippen MR) is 68.1 cm³/mol. The van der Waals surface area contributed by atoms with E-state index in [0.717, 1.165) is 38.6 Å². The van der Waals surface area contributed by atoms with Crippen molar-refractivity contribution >= 4 is 5.97 Å². The zero-order chi connectivity index (χ0) is 12.3. The smallest absolute Gasteiger partial charge is 0.324 e. The third-order valence-corrected chi connectivity index (χ3v) is 4.68. The number of carboxylic acid groups (broad SMARTS) is 1. The fourth-order valence-corrected chi connectivity index (χ4v) is 3.67. The first kappa shape index (κ1) is 12.9. The summed E-state index contributed by atoms with van der Waals surface area (Å²) in [5.41, 5.74) is -0.545. The highest BCUT2D eigenvalue weighted by atomic mass is 16.4. The van der Waals surface area contributed by atoms with E-state index >= 15 is 0 Å². The maximum Gasteiger partial charge on any atom is 0.324 e. The summed E-state index contributed by atoms with van der Waals surface area (Å²) in [5, 5.41) is 9.74. The standard InChI is InChI=1S/C14H25NO2/c1-12-8-4-7-11-15(12)14(13(16)17)9-5-2-3-6-10-14/h12H,2-11H2,1H3,(H,16,17). The van der Waals surface area contributed by atoms with Crippen LogP contribution in [0.15, 0.2) is 0 Å². The molecule has 0 spiro atoms. The van der Waals surface area contributed by atoms with Crippen LogP contribution >= 0.6 is 0 Å². The molecule has 98 valence electrons. The lowest BCUT2D eigenvalue weighted by Crippen LogP contribution is -2.59. The molecule has 1 N–H and O–H groups in total. The van der Waals surface area contributed by atoms with Gasteiger partial charge in [0.25, 0.3) is 0 Å². The van der Waals surface area contributed by atoms with Gasteiger partial charge in [-0.25, -0.2) is 0 Å². The van der Waals surface area contributed by atoms with Crippen molar-refractivity contribution < 1.29 is 9.90 Å². The minimum atomic E-state index is -0.576. The minimum Gasteiger partial charge on any atom is -0.480 e. The van der Waals surface area contributed by atoms with Gasteiger partial charge in [0.1, 0.15) is 5.54 Å². The van der Waals surface area contributed by atoms with E-state index in [1.807, 2.05) is 0 Å². The van der Waals surface area contributed by atoms with Crippen molar-refractivity contribution in [2.75, 3.05) is 6.54 Å². The average Bonchev–Trinajstić information content (AvgIpc) is 2.56. The molecule has 2 aliphatic rings. The molecule has 1 saturated carbocycles. The number of rotatable bonds is 2. The van der Waals surface area contributed by atoms with Gasteiger partial charge < -0.3 is 5.11 Å². The van der Waals surface area contributed by atoms with Crippen LogP contribution in [0.5, 0.6) is 0 Å².